The van der Waals surface area contributed by atoms with Crippen LogP contribution in [0.25, 0.3) is 11.3 Å². The molecule has 0 spiro atoms. The number of nitrogens with one attached hydrogen (secondary N) is 2. The van der Waals surface area contributed by atoms with Gasteiger partial charge in [-0.2, -0.15) is 0 Å². The first-order chi connectivity index (χ1) is 10.8. The van der Waals surface area contributed by atoms with Gasteiger partial charge in [-0.25, -0.2) is 15.0 Å². The molecule has 22 heavy (non-hydrogen) atoms. The molecule has 0 amide bonds. The quantitative estimate of drug-likeness (QED) is 0.755. The van der Waals surface area contributed by atoms with Crippen LogP contribution in [0.15, 0.2) is 43.0 Å². The third-order valence-electron chi connectivity index (χ3n) is 3.38. The fourth-order valence-corrected chi connectivity index (χ4v) is 2.23. The molecule has 0 radical (unpaired) electrons. The van der Waals surface area contributed by atoms with Crippen LogP contribution in [0.3, 0.4) is 0 Å². The average Bonchev–Trinajstić information content (AvgIpc) is 3.00. The summed E-state index contributed by atoms with van der Waals surface area (Å²) >= 11 is 0. The maximum atomic E-state index is 4.56. The molecule has 2 N–H and O–H groups in total. The molecule has 0 aliphatic rings. The number of hydrogen-bond acceptors (Lipinski definition) is 5. The molecular weight excluding hydrogens is 276 g/mol. The first-order valence-corrected chi connectivity index (χ1v) is 7.27. The van der Waals surface area contributed by atoms with E-state index >= 15 is 0 Å². The van der Waals surface area contributed by atoms with Crippen LogP contribution in [-0.4, -0.2) is 24.9 Å². The number of nitrogens with zero attached hydrogens (tertiary/aromatic N) is 4. The lowest BCUT2D eigenvalue weighted by Gasteiger charge is -2.15. The van der Waals surface area contributed by atoms with Gasteiger partial charge in [-0.1, -0.05) is 6.92 Å². The molecule has 6 heteroatoms. The second-order valence-corrected chi connectivity index (χ2v) is 5.06. The number of anilines is 1. The van der Waals surface area contributed by atoms with Crippen molar-refractivity contribution in [3.05, 3.63) is 54.5 Å². The number of rotatable bonds is 5. The van der Waals surface area contributed by atoms with Crippen LogP contribution < -0.4 is 5.32 Å². The molecule has 3 heterocycles. The SMILES string of the molecule is CC[C@@H](Nc1nccc(-c2cccnc2)n1)c1ncc(C)[nH]1. The fourth-order valence-electron chi connectivity index (χ4n) is 2.23. The maximum absolute atomic E-state index is 4.56. The van der Waals surface area contributed by atoms with E-state index < -0.39 is 0 Å². The molecule has 0 aromatic carbocycles. The number of pyridine rings is 1. The van der Waals surface area contributed by atoms with Gasteiger partial charge in [0.05, 0.1) is 11.7 Å². The largest absolute Gasteiger partial charge is 0.344 e. The standard InChI is InChI=1S/C16H18N6/c1-3-13(15-19-9-11(2)20-15)21-16-18-8-6-14(22-16)12-5-4-7-17-10-12/h4-10,13H,3H2,1-2H3,(H,19,20)(H,18,21,22)/t13-/m1/s1. The lowest BCUT2D eigenvalue weighted by molar-refractivity contribution is 0.694. The Kier molecular flexibility index (Phi) is 4.09. The summed E-state index contributed by atoms with van der Waals surface area (Å²) in [6.07, 6.45) is 7.99. The summed E-state index contributed by atoms with van der Waals surface area (Å²) in [5.41, 5.74) is 2.85. The van der Waals surface area contributed by atoms with Gasteiger partial charge in [-0.3, -0.25) is 4.98 Å². The zero-order chi connectivity index (χ0) is 15.4. The summed E-state index contributed by atoms with van der Waals surface area (Å²) in [5, 5.41) is 3.33. The summed E-state index contributed by atoms with van der Waals surface area (Å²) in [4.78, 5) is 20.6. The first-order valence-electron chi connectivity index (χ1n) is 7.27. The number of hydrogen-bond donors (Lipinski definition) is 2. The highest BCUT2D eigenvalue weighted by atomic mass is 15.1. The minimum absolute atomic E-state index is 0.0536. The third-order valence-corrected chi connectivity index (χ3v) is 3.38. The van der Waals surface area contributed by atoms with Crippen molar-refractivity contribution >= 4 is 5.95 Å². The zero-order valence-corrected chi connectivity index (χ0v) is 12.6. The van der Waals surface area contributed by atoms with Crippen LogP contribution >= 0.6 is 0 Å². The van der Waals surface area contributed by atoms with Crippen LogP contribution in [0.4, 0.5) is 5.95 Å². The van der Waals surface area contributed by atoms with Crippen molar-refractivity contribution in [1.82, 2.24) is 24.9 Å². The lowest BCUT2D eigenvalue weighted by Crippen LogP contribution is -2.13. The molecule has 0 aliphatic heterocycles. The van der Waals surface area contributed by atoms with Gasteiger partial charge in [0.1, 0.15) is 5.82 Å². The Labute approximate surface area is 129 Å². The van der Waals surface area contributed by atoms with Crippen molar-refractivity contribution in [3.8, 4) is 11.3 Å². The van der Waals surface area contributed by atoms with E-state index in [1.165, 1.54) is 0 Å². The van der Waals surface area contributed by atoms with Crippen LogP contribution in [0.1, 0.15) is 30.9 Å². The summed E-state index contributed by atoms with van der Waals surface area (Å²) in [5.74, 6) is 1.48. The van der Waals surface area contributed by atoms with Crippen molar-refractivity contribution in [2.75, 3.05) is 5.32 Å². The molecule has 0 saturated carbocycles. The Morgan fingerprint density at radius 3 is 2.77 bits per heavy atom. The van der Waals surface area contributed by atoms with Gasteiger partial charge in [0.25, 0.3) is 0 Å². The highest BCUT2D eigenvalue weighted by Gasteiger charge is 2.14. The van der Waals surface area contributed by atoms with E-state index in [1.54, 1.807) is 18.6 Å². The van der Waals surface area contributed by atoms with E-state index in [0.717, 1.165) is 29.2 Å². The molecule has 3 aromatic rings. The third kappa shape index (κ3) is 3.11. The van der Waals surface area contributed by atoms with Gasteiger partial charge >= 0.3 is 0 Å². The summed E-state index contributed by atoms with van der Waals surface area (Å²) in [6.45, 7) is 4.09. The van der Waals surface area contributed by atoms with Crippen LogP contribution in [0, 0.1) is 6.92 Å². The van der Waals surface area contributed by atoms with Crippen LogP contribution in [0.5, 0.6) is 0 Å². The van der Waals surface area contributed by atoms with Crippen LogP contribution in [0.2, 0.25) is 0 Å². The fraction of sp³-hybridized carbons (Fsp3) is 0.250. The number of aromatic amines is 1. The van der Waals surface area contributed by atoms with E-state index in [0.29, 0.717) is 5.95 Å². The minimum atomic E-state index is 0.0536. The Morgan fingerprint density at radius 2 is 2.09 bits per heavy atom. The number of aryl methyl sites for hydroxylation is 1. The van der Waals surface area contributed by atoms with Crippen molar-refractivity contribution in [2.45, 2.75) is 26.3 Å². The van der Waals surface area contributed by atoms with Crippen molar-refractivity contribution in [2.24, 2.45) is 0 Å². The van der Waals surface area contributed by atoms with Crippen molar-refractivity contribution < 1.29 is 0 Å². The molecule has 0 fully saturated rings. The highest BCUT2D eigenvalue weighted by Crippen LogP contribution is 2.20. The molecule has 0 unspecified atom stereocenters. The second-order valence-electron chi connectivity index (χ2n) is 5.06. The average molecular weight is 294 g/mol. The van der Waals surface area contributed by atoms with Gasteiger partial charge in [-0.05, 0) is 31.5 Å². The molecule has 0 saturated heterocycles. The number of aromatic nitrogens is 5. The molecule has 6 nitrogen and oxygen atoms in total. The Bertz CT molecular complexity index is 737. The molecule has 3 rings (SSSR count). The van der Waals surface area contributed by atoms with E-state index in [1.807, 2.05) is 31.3 Å². The Hall–Kier alpha value is -2.76. The predicted molar refractivity (Wildman–Crippen MR) is 85.2 cm³/mol. The Morgan fingerprint density at radius 1 is 1.18 bits per heavy atom. The Balaban J connectivity index is 1.83. The van der Waals surface area contributed by atoms with E-state index in [9.17, 15) is 0 Å². The smallest absolute Gasteiger partial charge is 0.223 e. The lowest BCUT2D eigenvalue weighted by atomic mass is 10.2. The van der Waals surface area contributed by atoms with Gasteiger partial charge in [0, 0.05) is 36.0 Å². The van der Waals surface area contributed by atoms with Crippen molar-refractivity contribution in [1.29, 1.82) is 0 Å². The predicted octanol–water partition coefficient (Wildman–Crippen LogP) is 3.13. The highest BCUT2D eigenvalue weighted by molar-refractivity contribution is 5.58. The van der Waals surface area contributed by atoms with Gasteiger partial charge < -0.3 is 10.3 Å². The molecule has 3 aromatic heterocycles. The normalized spacial score (nSPS) is 12.1. The summed E-state index contributed by atoms with van der Waals surface area (Å²) < 4.78 is 0. The van der Waals surface area contributed by atoms with Gasteiger partial charge in [-0.15, -0.1) is 0 Å². The second kappa shape index (κ2) is 6.34. The monoisotopic (exact) mass is 294 g/mol. The maximum Gasteiger partial charge on any atom is 0.223 e. The van der Waals surface area contributed by atoms with E-state index in [4.69, 9.17) is 0 Å². The summed E-state index contributed by atoms with van der Waals surface area (Å²) in [6, 6.07) is 5.80. The van der Waals surface area contributed by atoms with Crippen molar-refractivity contribution in [3.63, 3.8) is 0 Å². The van der Waals surface area contributed by atoms with Crippen LogP contribution in [-0.2, 0) is 0 Å². The molecule has 0 bridgehead atoms. The van der Waals surface area contributed by atoms with Gasteiger partial charge in [0.2, 0.25) is 5.95 Å². The molecule has 1 atom stereocenters. The molecular formula is C16H18N6. The minimum Gasteiger partial charge on any atom is -0.344 e. The number of H-pyrrole nitrogens is 1. The summed E-state index contributed by atoms with van der Waals surface area (Å²) in [7, 11) is 0. The zero-order valence-electron chi connectivity index (χ0n) is 12.6. The number of imidazole rings is 1. The van der Waals surface area contributed by atoms with E-state index in [2.05, 4.69) is 37.2 Å². The molecule has 112 valence electrons. The molecule has 0 aliphatic carbocycles. The topological polar surface area (TPSA) is 79.4 Å². The van der Waals surface area contributed by atoms with E-state index in [-0.39, 0.29) is 6.04 Å². The van der Waals surface area contributed by atoms with Gasteiger partial charge in [0.15, 0.2) is 0 Å². The first kappa shape index (κ1) is 14.2.